The summed E-state index contributed by atoms with van der Waals surface area (Å²) in [5.41, 5.74) is 3.50. The molecule has 1 amide bonds. The molecule has 2 aliphatic rings. The van der Waals surface area contributed by atoms with Crippen molar-refractivity contribution in [3.63, 3.8) is 0 Å². The zero-order chi connectivity index (χ0) is 29.3. The van der Waals surface area contributed by atoms with E-state index in [4.69, 9.17) is 11.6 Å². The van der Waals surface area contributed by atoms with Crippen LogP contribution in [0, 0.1) is 5.92 Å². The number of amides is 1. The first-order valence-electron chi connectivity index (χ1n) is 14.0. The molecule has 0 aliphatic carbocycles. The van der Waals surface area contributed by atoms with Gasteiger partial charge in [0.05, 0.1) is 16.3 Å². The highest BCUT2D eigenvalue weighted by atomic mass is 35.5. The van der Waals surface area contributed by atoms with Crippen molar-refractivity contribution in [2.24, 2.45) is 5.92 Å². The Balaban J connectivity index is 1.29. The van der Waals surface area contributed by atoms with Gasteiger partial charge in [-0.05, 0) is 72.9 Å². The van der Waals surface area contributed by atoms with Gasteiger partial charge >= 0.3 is 0 Å². The van der Waals surface area contributed by atoms with Crippen molar-refractivity contribution in [3.05, 3.63) is 123 Å². The van der Waals surface area contributed by atoms with Crippen LogP contribution >= 0.6 is 11.6 Å². The molecule has 4 aromatic rings. The van der Waals surface area contributed by atoms with Crippen molar-refractivity contribution in [1.29, 1.82) is 0 Å². The third kappa shape index (κ3) is 5.93. The Hall–Kier alpha value is -4.08. The molecule has 42 heavy (non-hydrogen) atoms. The highest BCUT2D eigenvalue weighted by molar-refractivity contribution is 7.92. The minimum absolute atomic E-state index is 0.00898. The molecule has 2 bridgehead atoms. The molecule has 1 fully saturated rings. The van der Waals surface area contributed by atoms with Crippen LogP contribution in [-0.4, -0.2) is 38.5 Å². The van der Waals surface area contributed by atoms with Crippen molar-refractivity contribution < 1.29 is 13.2 Å². The van der Waals surface area contributed by atoms with Crippen molar-refractivity contribution in [2.75, 3.05) is 29.3 Å². The van der Waals surface area contributed by atoms with Crippen LogP contribution in [0.25, 0.3) is 0 Å². The van der Waals surface area contributed by atoms with Gasteiger partial charge in [0, 0.05) is 54.4 Å². The van der Waals surface area contributed by atoms with Gasteiger partial charge in [-0.15, -0.1) is 0 Å². The van der Waals surface area contributed by atoms with Gasteiger partial charge in [-0.25, -0.2) is 8.42 Å². The fraction of sp³-hybridized carbons (Fsp3) is 0.250. The number of rotatable bonds is 8. The normalized spacial score (nSPS) is 17.8. The quantitative estimate of drug-likeness (QED) is 0.299. The van der Waals surface area contributed by atoms with E-state index in [-0.39, 0.29) is 28.2 Å². The summed E-state index contributed by atoms with van der Waals surface area (Å²) in [6, 6.07) is 26.4. The van der Waals surface area contributed by atoms with E-state index in [0.717, 1.165) is 17.7 Å². The monoisotopic (exact) mass is 602 g/mol. The van der Waals surface area contributed by atoms with Gasteiger partial charge in [-0.2, -0.15) is 0 Å². The summed E-state index contributed by atoms with van der Waals surface area (Å²) in [6.45, 7) is 2.36. The molecule has 0 saturated carbocycles. The van der Waals surface area contributed by atoms with E-state index >= 15 is 0 Å². The summed E-state index contributed by atoms with van der Waals surface area (Å²) in [4.78, 5) is 27.9. The molecule has 8 nitrogen and oxygen atoms in total. The maximum atomic E-state index is 13.4. The third-order valence-electron chi connectivity index (χ3n) is 7.99. The zero-order valence-electron chi connectivity index (χ0n) is 22.9. The lowest BCUT2D eigenvalue weighted by Gasteiger charge is -2.44. The van der Waals surface area contributed by atoms with E-state index < -0.39 is 10.0 Å². The Kier molecular flexibility index (Phi) is 7.79. The molecule has 6 rings (SSSR count). The molecule has 1 saturated heterocycles. The molecular weight excluding hydrogens is 572 g/mol. The SMILES string of the molecule is O=C(NCCc1ccccc1)c1ccc(N2C[C@H]3C[C@@H](C2)c2cccc(=O)n2C3)c(NS(=O)(=O)c2ccc(Cl)cc2)c1. The number of piperidine rings is 1. The Morgan fingerprint density at radius 2 is 1.69 bits per heavy atom. The van der Waals surface area contributed by atoms with E-state index in [1.165, 1.54) is 24.3 Å². The lowest BCUT2D eigenvalue weighted by Crippen LogP contribution is -2.47. The molecule has 0 spiro atoms. The Morgan fingerprint density at radius 3 is 2.48 bits per heavy atom. The Bertz CT molecular complexity index is 1770. The molecular formula is C32H31ClN4O4S. The van der Waals surface area contributed by atoms with Crippen LogP contribution in [0.1, 0.15) is 34.0 Å². The second kappa shape index (κ2) is 11.7. The third-order valence-corrected chi connectivity index (χ3v) is 9.62. The van der Waals surface area contributed by atoms with Gasteiger partial charge < -0.3 is 14.8 Å². The van der Waals surface area contributed by atoms with Crippen molar-refractivity contribution in [1.82, 2.24) is 9.88 Å². The standard InChI is InChI=1S/C32H31ClN4O4S/c33-26-10-12-27(13-11-26)42(40,41)35-28-18-24(32(39)34-16-15-22-5-2-1-3-6-22)9-14-30(28)36-19-23-17-25(21-36)29-7-4-8-31(38)37(29)20-23/h1-14,18,23,25,35H,15-17,19-21H2,(H,34,39)/t23-,25+/m1/s1. The number of nitrogens with zero attached hydrogens (tertiary/aromatic N) is 2. The number of sulfonamides is 1. The smallest absolute Gasteiger partial charge is 0.261 e. The number of benzene rings is 3. The highest BCUT2D eigenvalue weighted by Gasteiger charge is 2.35. The van der Waals surface area contributed by atoms with Crippen molar-refractivity contribution in [3.8, 4) is 0 Å². The van der Waals surface area contributed by atoms with E-state index in [1.807, 2.05) is 47.0 Å². The molecule has 0 radical (unpaired) electrons. The summed E-state index contributed by atoms with van der Waals surface area (Å²) in [5, 5.41) is 3.38. The number of nitrogens with one attached hydrogen (secondary N) is 2. The number of fused-ring (bicyclic) bond motifs is 4. The predicted molar refractivity (Wildman–Crippen MR) is 165 cm³/mol. The zero-order valence-corrected chi connectivity index (χ0v) is 24.4. The first-order valence-corrected chi connectivity index (χ1v) is 15.8. The first kappa shape index (κ1) is 28.1. The van der Waals surface area contributed by atoms with E-state index in [9.17, 15) is 18.0 Å². The molecule has 3 heterocycles. The van der Waals surface area contributed by atoms with Gasteiger partial charge in [0.25, 0.3) is 21.5 Å². The predicted octanol–water partition coefficient (Wildman–Crippen LogP) is 4.90. The lowest BCUT2D eigenvalue weighted by atomic mass is 9.83. The molecule has 216 valence electrons. The topological polar surface area (TPSA) is 101 Å². The van der Waals surface area contributed by atoms with E-state index in [0.29, 0.717) is 54.6 Å². The summed E-state index contributed by atoms with van der Waals surface area (Å²) in [7, 11) is -3.97. The first-order chi connectivity index (χ1) is 20.3. The van der Waals surface area contributed by atoms with Crippen molar-refractivity contribution in [2.45, 2.75) is 30.2 Å². The number of hydrogen-bond donors (Lipinski definition) is 2. The highest BCUT2D eigenvalue weighted by Crippen LogP contribution is 2.39. The lowest BCUT2D eigenvalue weighted by molar-refractivity contribution is 0.0954. The number of aromatic nitrogens is 1. The molecule has 2 atom stereocenters. The van der Waals surface area contributed by atoms with Gasteiger partial charge in [0.15, 0.2) is 0 Å². The average molecular weight is 603 g/mol. The summed E-state index contributed by atoms with van der Waals surface area (Å²) in [5.74, 6) is 0.0827. The van der Waals surface area contributed by atoms with Crippen LogP contribution in [0.15, 0.2) is 101 Å². The van der Waals surface area contributed by atoms with Crippen LogP contribution in [0.5, 0.6) is 0 Å². The van der Waals surface area contributed by atoms with Gasteiger partial charge in [-0.3, -0.25) is 14.3 Å². The van der Waals surface area contributed by atoms with Crippen LogP contribution in [0.3, 0.4) is 0 Å². The second-order valence-electron chi connectivity index (χ2n) is 10.9. The molecule has 2 N–H and O–H groups in total. The van der Waals surface area contributed by atoms with Crippen LogP contribution in [0.2, 0.25) is 5.02 Å². The van der Waals surface area contributed by atoms with Crippen LogP contribution in [-0.2, 0) is 23.0 Å². The maximum absolute atomic E-state index is 13.4. The Labute approximate surface area is 250 Å². The number of pyridine rings is 1. The fourth-order valence-corrected chi connectivity index (χ4v) is 7.20. The number of carbonyl (C=O) groups is 1. The number of halogens is 1. The van der Waals surface area contributed by atoms with Crippen molar-refractivity contribution >= 4 is 38.9 Å². The minimum Gasteiger partial charge on any atom is -0.369 e. The number of hydrogen-bond acceptors (Lipinski definition) is 5. The summed E-state index contributed by atoms with van der Waals surface area (Å²) >= 11 is 5.99. The summed E-state index contributed by atoms with van der Waals surface area (Å²) in [6.07, 6.45) is 1.65. The molecule has 0 unspecified atom stereocenters. The van der Waals surface area contributed by atoms with E-state index in [2.05, 4.69) is 14.9 Å². The second-order valence-corrected chi connectivity index (χ2v) is 13.0. The average Bonchev–Trinajstić information content (AvgIpc) is 2.98. The van der Waals surface area contributed by atoms with Crippen LogP contribution < -0.4 is 20.5 Å². The van der Waals surface area contributed by atoms with Crippen LogP contribution in [0.4, 0.5) is 11.4 Å². The van der Waals surface area contributed by atoms with Gasteiger partial charge in [0.2, 0.25) is 0 Å². The minimum atomic E-state index is -3.97. The van der Waals surface area contributed by atoms with Gasteiger partial charge in [-0.1, -0.05) is 48.0 Å². The van der Waals surface area contributed by atoms with Gasteiger partial charge in [0.1, 0.15) is 0 Å². The van der Waals surface area contributed by atoms with E-state index in [1.54, 1.807) is 24.3 Å². The molecule has 3 aromatic carbocycles. The molecule has 2 aliphatic heterocycles. The molecule has 1 aromatic heterocycles. The number of anilines is 2. The summed E-state index contributed by atoms with van der Waals surface area (Å²) < 4.78 is 31.5. The number of carbonyl (C=O) groups excluding carboxylic acids is 1. The fourth-order valence-electron chi connectivity index (χ4n) is 6.01. The largest absolute Gasteiger partial charge is 0.369 e. The maximum Gasteiger partial charge on any atom is 0.261 e. The molecule has 10 heteroatoms. The Morgan fingerprint density at radius 1 is 0.905 bits per heavy atom.